The van der Waals surface area contributed by atoms with Crippen molar-refractivity contribution < 1.29 is 0 Å². The fourth-order valence-corrected chi connectivity index (χ4v) is 1.81. The Morgan fingerprint density at radius 3 is 3.18 bits per heavy atom. The van der Waals surface area contributed by atoms with Gasteiger partial charge >= 0.3 is 0 Å². The van der Waals surface area contributed by atoms with Gasteiger partial charge in [-0.2, -0.15) is 5.10 Å². The summed E-state index contributed by atoms with van der Waals surface area (Å²) in [5, 5.41) is 7.23. The van der Waals surface area contributed by atoms with Crippen LogP contribution >= 0.6 is 11.3 Å². The van der Waals surface area contributed by atoms with Crippen molar-refractivity contribution in [1.82, 2.24) is 10.4 Å². The molecular formula is C7H9N3S. The third kappa shape index (κ3) is 1.26. The van der Waals surface area contributed by atoms with Crippen LogP contribution in [0.5, 0.6) is 0 Å². The lowest BCUT2D eigenvalue weighted by Crippen LogP contribution is -2.08. The summed E-state index contributed by atoms with van der Waals surface area (Å²) >= 11 is 1.68. The molecular weight excluding hydrogens is 158 g/mol. The molecule has 2 rings (SSSR count). The molecule has 1 aromatic rings. The van der Waals surface area contributed by atoms with Crippen LogP contribution in [0, 0.1) is 0 Å². The van der Waals surface area contributed by atoms with Crippen molar-refractivity contribution in [2.24, 2.45) is 5.10 Å². The fraction of sp³-hybridized carbons (Fsp3) is 0.429. The van der Waals surface area contributed by atoms with Gasteiger partial charge in [-0.1, -0.05) is 0 Å². The van der Waals surface area contributed by atoms with E-state index in [0.717, 1.165) is 17.1 Å². The molecule has 1 aliphatic rings. The van der Waals surface area contributed by atoms with Gasteiger partial charge in [0, 0.05) is 23.7 Å². The van der Waals surface area contributed by atoms with Gasteiger partial charge in [0.1, 0.15) is 11.0 Å². The van der Waals surface area contributed by atoms with Crippen LogP contribution in [0.1, 0.15) is 24.4 Å². The van der Waals surface area contributed by atoms with Crippen LogP contribution in [0.4, 0.5) is 0 Å². The molecule has 58 valence electrons. The first-order valence-corrected chi connectivity index (χ1v) is 4.42. The summed E-state index contributed by atoms with van der Waals surface area (Å²) in [6.45, 7) is 2.03. The Morgan fingerprint density at radius 2 is 2.64 bits per heavy atom. The minimum atomic E-state index is 0.329. The number of hydrazone groups is 1. The molecule has 0 aliphatic carbocycles. The highest BCUT2D eigenvalue weighted by atomic mass is 32.1. The second-order valence-electron chi connectivity index (χ2n) is 2.60. The topological polar surface area (TPSA) is 37.3 Å². The van der Waals surface area contributed by atoms with E-state index in [1.165, 1.54) is 0 Å². The predicted octanol–water partition coefficient (Wildman–Crippen LogP) is 1.55. The van der Waals surface area contributed by atoms with Crippen LogP contribution in [-0.4, -0.2) is 10.7 Å². The van der Waals surface area contributed by atoms with Crippen LogP contribution in [0.3, 0.4) is 0 Å². The van der Waals surface area contributed by atoms with Gasteiger partial charge in [0.15, 0.2) is 0 Å². The molecule has 0 aromatic carbocycles. The molecule has 1 aromatic heterocycles. The van der Waals surface area contributed by atoms with Crippen LogP contribution in [-0.2, 0) is 0 Å². The predicted molar refractivity (Wildman–Crippen MR) is 45.7 cm³/mol. The molecule has 2 heterocycles. The van der Waals surface area contributed by atoms with Gasteiger partial charge in [-0.25, -0.2) is 4.98 Å². The molecule has 1 atom stereocenters. The maximum absolute atomic E-state index is 4.22. The maximum atomic E-state index is 4.22. The number of rotatable bonds is 1. The maximum Gasteiger partial charge on any atom is 0.117 e. The molecule has 0 saturated carbocycles. The third-order valence-electron chi connectivity index (χ3n) is 1.66. The molecule has 0 radical (unpaired) electrons. The lowest BCUT2D eigenvalue weighted by Gasteiger charge is -2.03. The Kier molecular flexibility index (Phi) is 1.62. The van der Waals surface area contributed by atoms with E-state index in [-0.39, 0.29) is 0 Å². The molecule has 0 spiro atoms. The van der Waals surface area contributed by atoms with Crippen LogP contribution in [0.25, 0.3) is 0 Å². The largest absolute Gasteiger partial charge is 0.300 e. The second kappa shape index (κ2) is 2.62. The van der Waals surface area contributed by atoms with E-state index >= 15 is 0 Å². The molecule has 4 heteroatoms. The number of aromatic nitrogens is 1. The Hall–Kier alpha value is -0.900. The van der Waals surface area contributed by atoms with Crippen molar-refractivity contribution in [2.75, 3.05) is 0 Å². The fourth-order valence-electron chi connectivity index (χ4n) is 1.12. The first-order valence-electron chi connectivity index (χ1n) is 3.54. The Morgan fingerprint density at radius 1 is 1.73 bits per heavy atom. The summed E-state index contributed by atoms with van der Waals surface area (Å²) in [5.74, 6) is 0. The Bertz CT molecular complexity index is 265. The molecule has 0 amide bonds. The van der Waals surface area contributed by atoms with Crippen molar-refractivity contribution in [1.29, 1.82) is 0 Å². The van der Waals surface area contributed by atoms with Crippen molar-refractivity contribution in [3.05, 3.63) is 16.6 Å². The molecule has 0 saturated heterocycles. The quantitative estimate of drug-likeness (QED) is 0.689. The molecule has 3 nitrogen and oxygen atoms in total. The average Bonchev–Trinajstić information content (AvgIpc) is 2.55. The van der Waals surface area contributed by atoms with Crippen molar-refractivity contribution >= 4 is 17.0 Å². The van der Waals surface area contributed by atoms with Gasteiger partial charge in [-0.15, -0.1) is 11.3 Å². The molecule has 11 heavy (non-hydrogen) atoms. The van der Waals surface area contributed by atoms with Crippen LogP contribution in [0.15, 0.2) is 16.7 Å². The lowest BCUT2D eigenvalue weighted by molar-refractivity contribution is 0.616. The van der Waals surface area contributed by atoms with Gasteiger partial charge in [0.2, 0.25) is 0 Å². The normalized spacial score (nSPS) is 23.0. The summed E-state index contributed by atoms with van der Waals surface area (Å²) in [6, 6.07) is 0.329. The van der Waals surface area contributed by atoms with E-state index in [2.05, 4.69) is 15.5 Å². The number of thiazole rings is 1. The van der Waals surface area contributed by atoms with Crippen LogP contribution < -0.4 is 5.43 Å². The summed E-state index contributed by atoms with van der Waals surface area (Å²) < 4.78 is 0. The lowest BCUT2D eigenvalue weighted by atomic mass is 10.2. The van der Waals surface area contributed by atoms with Gasteiger partial charge in [-0.3, -0.25) is 5.43 Å². The first kappa shape index (κ1) is 6.79. The molecule has 1 N–H and O–H groups in total. The van der Waals surface area contributed by atoms with Crippen molar-refractivity contribution in [3.63, 3.8) is 0 Å². The zero-order valence-corrected chi connectivity index (χ0v) is 7.06. The summed E-state index contributed by atoms with van der Waals surface area (Å²) in [5.41, 5.74) is 4.20. The smallest absolute Gasteiger partial charge is 0.117 e. The average molecular weight is 167 g/mol. The molecule has 0 fully saturated rings. The highest BCUT2D eigenvalue weighted by Crippen LogP contribution is 2.22. The summed E-state index contributed by atoms with van der Waals surface area (Å²) in [6.07, 6.45) is 2.82. The highest BCUT2D eigenvalue weighted by Gasteiger charge is 2.18. The first-order chi connectivity index (χ1) is 5.36. The molecule has 0 bridgehead atoms. The van der Waals surface area contributed by atoms with Crippen LogP contribution in [0.2, 0.25) is 0 Å². The minimum Gasteiger partial charge on any atom is -0.300 e. The van der Waals surface area contributed by atoms with E-state index in [0.29, 0.717) is 6.04 Å². The standard InChI is InChI=1S/C7H9N3S/c1-5-4-6(10-9-5)7-8-2-3-11-7/h2-3,6,10H,4H2,1H3. The van der Waals surface area contributed by atoms with E-state index in [9.17, 15) is 0 Å². The molecule has 1 unspecified atom stereocenters. The monoisotopic (exact) mass is 167 g/mol. The number of hydrogen-bond donors (Lipinski definition) is 1. The van der Waals surface area contributed by atoms with Gasteiger partial charge in [-0.05, 0) is 6.92 Å². The Balaban J connectivity index is 2.11. The Labute approximate surface area is 69.2 Å². The minimum absolute atomic E-state index is 0.329. The van der Waals surface area contributed by atoms with Gasteiger partial charge in [0.05, 0.1) is 0 Å². The van der Waals surface area contributed by atoms with E-state index in [1.54, 1.807) is 11.3 Å². The van der Waals surface area contributed by atoms with Gasteiger partial charge < -0.3 is 0 Å². The number of nitrogens with zero attached hydrogens (tertiary/aromatic N) is 2. The van der Waals surface area contributed by atoms with Gasteiger partial charge in [0.25, 0.3) is 0 Å². The van der Waals surface area contributed by atoms with E-state index in [4.69, 9.17) is 0 Å². The summed E-state index contributed by atoms with van der Waals surface area (Å²) in [4.78, 5) is 4.22. The number of hydrogen-bond acceptors (Lipinski definition) is 4. The molecule has 1 aliphatic heterocycles. The van der Waals surface area contributed by atoms with Crippen molar-refractivity contribution in [3.8, 4) is 0 Å². The van der Waals surface area contributed by atoms with Crippen molar-refractivity contribution in [2.45, 2.75) is 19.4 Å². The van der Waals surface area contributed by atoms with E-state index < -0.39 is 0 Å². The zero-order valence-electron chi connectivity index (χ0n) is 6.24. The van der Waals surface area contributed by atoms with E-state index in [1.807, 2.05) is 18.5 Å². The summed E-state index contributed by atoms with van der Waals surface area (Å²) in [7, 11) is 0. The zero-order chi connectivity index (χ0) is 7.68. The third-order valence-corrected chi connectivity index (χ3v) is 2.55. The highest BCUT2D eigenvalue weighted by molar-refractivity contribution is 7.09. The number of nitrogens with one attached hydrogen (secondary N) is 1. The second-order valence-corrected chi connectivity index (χ2v) is 3.53. The SMILES string of the molecule is CC1=NNC(c2nccs2)C1.